The molecule has 14 heavy (non-hydrogen) atoms. The van der Waals surface area contributed by atoms with E-state index in [0.717, 1.165) is 12.2 Å². The Kier molecular flexibility index (Phi) is 2.49. The van der Waals surface area contributed by atoms with Crippen LogP contribution in [0.2, 0.25) is 0 Å². The summed E-state index contributed by atoms with van der Waals surface area (Å²) in [5, 5.41) is 22.5. The Balaban J connectivity index is 2.21. The lowest BCUT2D eigenvalue weighted by Crippen LogP contribution is -2.71. The molecule has 0 aliphatic carbocycles. The number of aliphatic hydroxyl groups is 1. The Bertz CT molecular complexity index is 246. The molecule has 1 unspecified atom stereocenters. The second kappa shape index (κ2) is 3.40. The number of carboxylic acid groups (broad SMARTS) is 1. The minimum atomic E-state index is -1.01. The third-order valence-electron chi connectivity index (χ3n) is 3.37. The van der Waals surface area contributed by atoms with Gasteiger partial charge in [0.15, 0.2) is 0 Å². The highest BCUT2D eigenvalue weighted by Crippen LogP contribution is 2.43. The molecule has 0 aromatic carbocycles. The van der Waals surface area contributed by atoms with E-state index in [2.05, 4.69) is 5.32 Å². The molecule has 2 fully saturated rings. The predicted molar refractivity (Wildman–Crippen MR) is 54.4 cm³/mol. The number of rotatable bonds is 2. The van der Waals surface area contributed by atoms with Crippen LogP contribution in [-0.2, 0) is 4.79 Å². The van der Waals surface area contributed by atoms with Crippen LogP contribution in [0.4, 0.5) is 0 Å². The summed E-state index contributed by atoms with van der Waals surface area (Å²) in [6, 6.07) is 0. The van der Waals surface area contributed by atoms with Gasteiger partial charge in [-0.15, -0.1) is 0 Å². The smallest absolute Gasteiger partial charge is 0.315 e. The highest BCUT2D eigenvalue weighted by atomic mass is 32.2. The van der Waals surface area contributed by atoms with Crippen LogP contribution < -0.4 is 5.32 Å². The fourth-order valence-electron chi connectivity index (χ4n) is 2.21. The molecule has 1 atom stereocenters. The van der Waals surface area contributed by atoms with Crippen LogP contribution in [-0.4, -0.2) is 46.4 Å². The standard InChI is InChI=1S/C9H15NO3S/c11-7(12)8(4-10-5-8)9(13)2-1-3-14-6-9/h10,13H,1-6H2,(H,11,12). The van der Waals surface area contributed by atoms with Crippen LogP contribution in [0, 0.1) is 5.41 Å². The van der Waals surface area contributed by atoms with Gasteiger partial charge in [0.05, 0.1) is 5.60 Å². The third kappa shape index (κ3) is 1.26. The Morgan fingerprint density at radius 2 is 2.14 bits per heavy atom. The van der Waals surface area contributed by atoms with Crippen molar-refractivity contribution in [1.82, 2.24) is 5.32 Å². The van der Waals surface area contributed by atoms with Gasteiger partial charge in [-0.2, -0.15) is 11.8 Å². The van der Waals surface area contributed by atoms with Gasteiger partial charge in [-0.25, -0.2) is 0 Å². The van der Waals surface area contributed by atoms with Crippen LogP contribution in [0.3, 0.4) is 0 Å². The van der Waals surface area contributed by atoms with Gasteiger partial charge in [-0.1, -0.05) is 0 Å². The quantitative estimate of drug-likeness (QED) is 0.603. The summed E-state index contributed by atoms with van der Waals surface area (Å²) in [6.07, 6.45) is 1.53. The molecule has 0 amide bonds. The topological polar surface area (TPSA) is 69.6 Å². The van der Waals surface area contributed by atoms with Gasteiger partial charge in [-0.3, -0.25) is 4.79 Å². The van der Waals surface area contributed by atoms with E-state index in [9.17, 15) is 15.0 Å². The summed E-state index contributed by atoms with van der Waals surface area (Å²) in [5.41, 5.74) is -1.94. The Labute approximate surface area is 87.1 Å². The summed E-state index contributed by atoms with van der Waals surface area (Å²) in [4.78, 5) is 11.2. The van der Waals surface area contributed by atoms with Gasteiger partial charge in [0, 0.05) is 18.8 Å². The maximum absolute atomic E-state index is 11.2. The Morgan fingerprint density at radius 3 is 2.50 bits per heavy atom. The van der Waals surface area contributed by atoms with Crippen LogP contribution in [0.15, 0.2) is 0 Å². The molecule has 2 rings (SSSR count). The van der Waals surface area contributed by atoms with Crippen molar-refractivity contribution in [2.24, 2.45) is 5.41 Å². The maximum atomic E-state index is 11.2. The largest absolute Gasteiger partial charge is 0.481 e. The molecule has 0 aromatic heterocycles. The molecule has 0 bridgehead atoms. The van der Waals surface area contributed by atoms with Crippen LogP contribution >= 0.6 is 11.8 Å². The lowest BCUT2D eigenvalue weighted by Gasteiger charge is -2.51. The molecule has 0 radical (unpaired) electrons. The Hall–Kier alpha value is -0.260. The zero-order valence-corrected chi connectivity index (χ0v) is 8.77. The SMILES string of the molecule is O=C(O)C1(C2(O)CCCSC2)CNC1. The summed E-state index contributed by atoms with van der Waals surface area (Å²) >= 11 is 1.65. The van der Waals surface area contributed by atoms with Crippen molar-refractivity contribution >= 4 is 17.7 Å². The summed E-state index contributed by atoms with van der Waals surface area (Å²) in [6.45, 7) is 0.804. The zero-order valence-electron chi connectivity index (χ0n) is 7.95. The second-order valence-corrected chi connectivity index (χ2v) is 5.28. The minimum Gasteiger partial charge on any atom is -0.481 e. The van der Waals surface area contributed by atoms with E-state index in [4.69, 9.17) is 0 Å². The number of aliphatic carboxylic acids is 1. The maximum Gasteiger partial charge on any atom is 0.315 e. The van der Waals surface area contributed by atoms with E-state index in [1.807, 2.05) is 0 Å². The summed E-state index contributed by atoms with van der Waals surface area (Å²) in [7, 11) is 0. The molecule has 3 N–H and O–H groups in total. The average Bonchev–Trinajstić information content (AvgIpc) is 2.01. The van der Waals surface area contributed by atoms with Crippen molar-refractivity contribution in [2.75, 3.05) is 24.6 Å². The molecular weight excluding hydrogens is 202 g/mol. The molecule has 5 heteroatoms. The van der Waals surface area contributed by atoms with Crippen LogP contribution in [0.1, 0.15) is 12.8 Å². The van der Waals surface area contributed by atoms with Gasteiger partial charge >= 0.3 is 5.97 Å². The molecule has 0 spiro atoms. The van der Waals surface area contributed by atoms with Crippen LogP contribution in [0.25, 0.3) is 0 Å². The molecule has 2 aliphatic heterocycles. The van der Waals surface area contributed by atoms with E-state index in [1.54, 1.807) is 11.8 Å². The molecule has 4 nitrogen and oxygen atoms in total. The molecule has 2 saturated heterocycles. The Morgan fingerprint density at radius 1 is 1.43 bits per heavy atom. The molecule has 0 saturated carbocycles. The normalized spacial score (nSPS) is 36.1. The van der Waals surface area contributed by atoms with Gasteiger partial charge < -0.3 is 15.5 Å². The fraction of sp³-hybridized carbons (Fsp3) is 0.889. The first-order valence-corrected chi connectivity index (χ1v) is 6.00. The number of hydrogen-bond acceptors (Lipinski definition) is 4. The van der Waals surface area contributed by atoms with Crippen molar-refractivity contribution in [3.05, 3.63) is 0 Å². The lowest BCUT2D eigenvalue weighted by molar-refractivity contribution is -0.175. The van der Waals surface area contributed by atoms with Gasteiger partial charge in [0.25, 0.3) is 0 Å². The predicted octanol–water partition coefficient (Wildman–Crippen LogP) is -0.0813. The highest BCUT2D eigenvalue weighted by molar-refractivity contribution is 7.99. The first kappa shape index (κ1) is 10.3. The summed E-state index contributed by atoms with van der Waals surface area (Å²) < 4.78 is 0. The van der Waals surface area contributed by atoms with Gasteiger partial charge in [0.2, 0.25) is 0 Å². The van der Waals surface area contributed by atoms with E-state index in [-0.39, 0.29) is 0 Å². The van der Waals surface area contributed by atoms with Gasteiger partial charge in [0.1, 0.15) is 5.41 Å². The number of carbonyl (C=O) groups is 1. The van der Waals surface area contributed by atoms with Gasteiger partial charge in [-0.05, 0) is 18.6 Å². The molecule has 80 valence electrons. The van der Waals surface area contributed by atoms with Crippen LogP contribution in [0.5, 0.6) is 0 Å². The van der Waals surface area contributed by atoms with E-state index in [0.29, 0.717) is 25.3 Å². The lowest BCUT2D eigenvalue weighted by atomic mass is 9.66. The molecular formula is C9H15NO3S. The number of hydrogen-bond donors (Lipinski definition) is 3. The average molecular weight is 217 g/mol. The highest BCUT2D eigenvalue weighted by Gasteiger charge is 2.59. The van der Waals surface area contributed by atoms with Crippen molar-refractivity contribution in [2.45, 2.75) is 18.4 Å². The van der Waals surface area contributed by atoms with Crippen molar-refractivity contribution in [3.8, 4) is 0 Å². The first-order chi connectivity index (χ1) is 6.61. The molecule has 0 aromatic rings. The minimum absolute atomic E-state index is 0.402. The fourth-order valence-corrected chi connectivity index (χ4v) is 3.46. The van der Waals surface area contributed by atoms with E-state index >= 15 is 0 Å². The summed E-state index contributed by atoms with van der Waals surface area (Å²) in [5.74, 6) is 0.730. The third-order valence-corrected chi connectivity index (χ3v) is 4.63. The van der Waals surface area contributed by atoms with Crippen molar-refractivity contribution < 1.29 is 15.0 Å². The first-order valence-electron chi connectivity index (χ1n) is 4.85. The number of nitrogens with one attached hydrogen (secondary N) is 1. The van der Waals surface area contributed by atoms with Crippen molar-refractivity contribution in [3.63, 3.8) is 0 Å². The monoisotopic (exact) mass is 217 g/mol. The molecule has 2 aliphatic rings. The second-order valence-electron chi connectivity index (χ2n) is 4.18. The number of carboxylic acids is 1. The van der Waals surface area contributed by atoms with Crippen molar-refractivity contribution in [1.29, 1.82) is 0 Å². The van der Waals surface area contributed by atoms with E-state index in [1.165, 1.54) is 0 Å². The molecule has 2 heterocycles. The number of thioether (sulfide) groups is 1. The van der Waals surface area contributed by atoms with E-state index < -0.39 is 17.0 Å². The zero-order chi connectivity index (χ0) is 10.2.